The molecule has 0 unspecified atom stereocenters. The van der Waals surface area contributed by atoms with E-state index in [1.807, 2.05) is 36.7 Å². The van der Waals surface area contributed by atoms with E-state index < -0.39 is 0 Å². The Morgan fingerprint density at radius 2 is 1.91 bits per heavy atom. The maximum absolute atomic E-state index is 6.37. The van der Waals surface area contributed by atoms with E-state index >= 15 is 0 Å². The molecule has 0 spiro atoms. The molecule has 4 heteroatoms. The van der Waals surface area contributed by atoms with Crippen molar-refractivity contribution in [2.45, 2.75) is 38.1 Å². The summed E-state index contributed by atoms with van der Waals surface area (Å²) in [7, 11) is 0. The lowest BCUT2D eigenvalue weighted by molar-refractivity contribution is 0.421. The normalized spacial score (nSPS) is 20.2. The summed E-state index contributed by atoms with van der Waals surface area (Å²) in [5.74, 6) is 0.496. The molecule has 2 aliphatic carbocycles. The lowest BCUT2D eigenvalue weighted by Gasteiger charge is -2.20. The molecule has 1 aromatic carbocycles. The van der Waals surface area contributed by atoms with Gasteiger partial charge in [-0.2, -0.15) is 0 Å². The minimum absolute atomic E-state index is 0.468. The van der Waals surface area contributed by atoms with Gasteiger partial charge < -0.3 is 5.73 Å². The van der Waals surface area contributed by atoms with E-state index in [1.165, 1.54) is 32.1 Å². The molecule has 2 N–H and O–H groups in total. The van der Waals surface area contributed by atoms with E-state index in [4.69, 9.17) is 10.7 Å². The highest BCUT2D eigenvalue weighted by molar-refractivity contribution is 6.10. The first-order valence-electron chi connectivity index (χ1n) is 8.06. The van der Waals surface area contributed by atoms with E-state index in [9.17, 15) is 0 Å². The van der Waals surface area contributed by atoms with Crippen LogP contribution < -0.4 is 5.73 Å². The Labute approximate surface area is 130 Å². The molecule has 2 aliphatic rings. The van der Waals surface area contributed by atoms with E-state index in [0.717, 1.165) is 28.0 Å². The van der Waals surface area contributed by atoms with Crippen LogP contribution in [0.5, 0.6) is 0 Å². The van der Waals surface area contributed by atoms with Crippen molar-refractivity contribution < 1.29 is 0 Å². The number of nitrogens with two attached hydrogens (primary N) is 1. The molecule has 2 aromatic rings. The van der Waals surface area contributed by atoms with Crippen LogP contribution in [0.25, 0.3) is 16.6 Å². The molecule has 22 heavy (non-hydrogen) atoms. The highest BCUT2D eigenvalue weighted by Gasteiger charge is 2.27. The fourth-order valence-electron chi connectivity index (χ4n) is 2.71. The van der Waals surface area contributed by atoms with Crippen molar-refractivity contribution in [2.24, 2.45) is 16.6 Å². The summed E-state index contributed by atoms with van der Waals surface area (Å²) >= 11 is 0. The molecule has 0 saturated heterocycles. The lowest BCUT2D eigenvalue weighted by atomic mass is 9.94. The number of aromatic nitrogens is 2. The minimum atomic E-state index is 0.468. The fraction of sp³-hybridized carbons (Fsp3) is 0.389. The number of rotatable bonds is 4. The van der Waals surface area contributed by atoms with Crippen LogP contribution in [-0.4, -0.2) is 22.2 Å². The summed E-state index contributed by atoms with van der Waals surface area (Å²) in [6.07, 6.45) is 9.78. The second-order valence-electron chi connectivity index (χ2n) is 6.25. The first-order valence-corrected chi connectivity index (χ1v) is 8.06. The van der Waals surface area contributed by atoms with Gasteiger partial charge in [0.2, 0.25) is 0 Å². The Bertz CT molecular complexity index is 755. The molecule has 0 radical (unpaired) electrons. The van der Waals surface area contributed by atoms with Gasteiger partial charge in [-0.1, -0.05) is 12.1 Å². The largest absolute Gasteiger partial charge is 0.401 e. The average Bonchev–Trinajstić information content (AvgIpc) is 3.33. The lowest BCUT2D eigenvalue weighted by Crippen LogP contribution is -2.15. The zero-order chi connectivity index (χ0) is 14.9. The minimum Gasteiger partial charge on any atom is -0.401 e. The van der Waals surface area contributed by atoms with Crippen molar-refractivity contribution in [3.63, 3.8) is 0 Å². The third-order valence-electron chi connectivity index (χ3n) is 4.54. The van der Waals surface area contributed by atoms with Gasteiger partial charge in [-0.05, 0) is 50.2 Å². The topological polar surface area (TPSA) is 64.2 Å². The summed E-state index contributed by atoms with van der Waals surface area (Å²) in [5.41, 5.74) is 10.9. The highest BCUT2D eigenvalue weighted by Crippen LogP contribution is 2.37. The predicted molar refractivity (Wildman–Crippen MR) is 89.5 cm³/mol. The van der Waals surface area contributed by atoms with Gasteiger partial charge in [-0.3, -0.25) is 9.98 Å². The molecule has 2 fully saturated rings. The van der Waals surface area contributed by atoms with Gasteiger partial charge in [0.15, 0.2) is 0 Å². The van der Waals surface area contributed by atoms with Gasteiger partial charge in [-0.25, -0.2) is 4.98 Å². The Kier molecular flexibility index (Phi) is 3.37. The molecular formula is C18H20N4. The molecule has 0 aliphatic heterocycles. The van der Waals surface area contributed by atoms with E-state index in [1.54, 1.807) is 0 Å². The number of fused-ring (bicyclic) bond motifs is 1. The van der Waals surface area contributed by atoms with Crippen molar-refractivity contribution >= 4 is 22.8 Å². The van der Waals surface area contributed by atoms with Crippen molar-refractivity contribution in [2.75, 3.05) is 0 Å². The van der Waals surface area contributed by atoms with Gasteiger partial charge >= 0.3 is 0 Å². The van der Waals surface area contributed by atoms with Gasteiger partial charge in [0, 0.05) is 23.5 Å². The van der Waals surface area contributed by atoms with E-state index in [2.05, 4.69) is 9.98 Å². The third kappa shape index (κ3) is 2.61. The Morgan fingerprint density at radius 3 is 2.59 bits per heavy atom. The summed E-state index contributed by atoms with van der Waals surface area (Å²) in [5, 5.41) is 0. The second-order valence-corrected chi connectivity index (χ2v) is 6.25. The van der Waals surface area contributed by atoms with Crippen LogP contribution in [0.15, 0.2) is 41.2 Å². The fourth-order valence-corrected chi connectivity index (χ4v) is 2.71. The molecule has 0 bridgehead atoms. The van der Waals surface area contributed by atoms with Crippen molar-refractivity contribution in [3.8, 4) is 0 Å². The summed E-state index contributed by atoms with van der Waals surface area (Å²) in [6, 6.07) is 8.39. The van der Waals surface area contributed by atoms with Crippen molar-refractivity contribution in [1.82, 2.24) is 9.97 Å². The smallest absolute Gasteiger partial charge is 0.0925 e. The first-order chi connectivity index (χ1) is 10.8. The Morgan fingerprint density at radius 1 is 1.14 bits per heavy atom. The molecule has 0 amide bonds. The SMILES string of the molecule is NC(=C(C=NC1CCC1)c1cnc2ccccc2n1)C1CC1. The molecule has 4 rings (SSSR count). The average molecular weight is 292 g/mol. The summed E-state index contributed by atoms with van der Waals surface area (Å²) in [4.78, 5) is 13.9. The maximum atomic E-state index is 6.37. The van der Waals surface area contributed by atoms with Crippen LogP contribution in [0.4, 0.5) is 0 Å². The molecule has 2 saturated carbocycles. The zero-order valence-electron chi connectivity index (χ0n) is 12.6. The summed E-state index contributed by atoms with van der Waals surface area (Å²) in [6.45, 7) is 0. The van der Waals surface area contributed by atoms with Crippen LogP contribution in [-0.2, 0) is 0 Å². The van der Waals surface area contributed by atoms with E-state index in [0.29, 0.717) is 12.0 Å². The number of hydrogen-bond acceptors (Lipinski definition) is 4. The van der Waals surface area contributed by atoms with Crippen LogP contribution in [0, 0.1) is 5.92 Å². The maximum Gasteiger partial charge on any atom is 0.0925 e. The van der Waals surface area contributed by atoms with Crippen LogP contribution in [0.3, 0.4) is 0 Å². The van der Waals surface area contributed by atoms with Crippen LogP contribution >= 0.6 is 0 Å². The van der Waals surface area contributed by atoms with Gasteiger partial charge in [0.1, 0.15) is 0 Å². The number of benzene rings is 1. The molecule has 4 nitrogen and oxygen atoms in total. The van der Waals surface area contributed by atoms with Crippen molar-refractivity contribution in [3.05, 3.63) is 41.9 Å². The quantitative estimate of drug-likeness (QED) is 0.879. The van der Waals surface area contributed by atoms with Gasteiger partial charge in [0.05, 0.1) is 22.9 Å². The number of nitrogens with zero attached hydrogens (tertiary/aromatic N) is 3. The number of hydrogen-bond donors (Lipinski definition) is 1. The number of allylic oxidation sites excluding steroid dienone is 2. The summed E-state index contributed by atoms with van der Waals surface area (Å²) < 4.78 is 0. The number of aliphatic imine (C=N–C) groups is 1. The zero-order valence-corrected chi connectivity index (χ0v) is 12.6. The second kappa shape index (κ2) is 5.52. The molecule has 112 valence electrons. The molecule has 0 atom stereocenters. The monoisotopic (exact) mass is 292 g/mol. The van der Waals surface area contributed by atoms with Gasteiger partial charge in [-0.15, -0.1) is 0 Å². The van der Waals surface area contributed by atoms with Crippen molar-refractivity contribution in [1.29, 1.82) is 0 Å². The van der Waals surface area contributed by atoms with Gasteiger partial charge in [0.25, 0.3) is 0 Å². The number of para-hydroxylation sites is 2. The third-order valence-corrected chi connectivity index (χ3v) is 4.54. The molecular weight excluding hydrogens is 272 g/mol. The first kappa shape index (κ1) is 13.4. The Balaban J connectivity index is 1.74. The Hall–Kier alpha value is -2.23. The van der Waals surface area contributed by atoms with E-state index in [-0.39, 0.29) is 0 Å². The molecule has 1 aromatic heterocycles. The molecule has 1 heterocycles. The van der Waals surface area contributed by atoms with Crippen LogP contribution in [0.2, 0.25) is 0 Å². The standard InChI is InChI=1S/C18H20N4/c19-18(12-8-9-12)14(10-20-13-4-3-5-13)17-11-21-15-6-1-2-7-16(15)22-17/h1-2,6-7,10-13H,3-5,8-9,19H2. The predicted octanol–water partition coefficient (Wildman–Crippen LogP) is 3.33. The van der Waals surface area contributed by atoms with Crippen LogP contribution in [0.1, 0.15) is 37.8 Å². The highest BCUT2D eigenvalue weighted by atomic mass is 14.8.